The average molecular weight is 681 g/mol. The molecule has 4 atom stereocenters. The summed E-state index contributed by atoms with van der Waals surface area (Å²) in [4.78, 5) is 40.3. The number of phosphoric ester groups is 1. The summed E-state index contributed by atoms with van der Waals surface area (Å²) in [7, 11) is -7.53. The molecule has 3 heterocycles. The maximum atomic E-state index is 14.5. The zero-order chi connectivity index (χ0) is 34.7. The normalized spacial score (nSPS) is 24.1. The number of benzene rings is 1. The number of phosphoric acid groups is 1. The lowest BCUT2D eigenvalue weighted by atomic mass is 10.1. The van der Waals surface area contributed by atoms with E-state index in [1.54, 1.807) is 59.7 Å². The van der Waals surface area contributed by atoms with E-state index in [0.29, 0.717) is 4.57 Å². The third-order valence-electron chi connectivity index (χ3n) is 7.54. The molecule has 2 aromatic rings. The molecule has 1 aromatic heterocycles. The fraction of sp³-hybridized carbons (Fsp3) is 0.656. The van der Waals surface area contributed by atoms with Crippen LogP contribution in [0.4, 0.5) is 0 Å². The smallest absolute Gasteiger partial charge is 0.391 e. The van der Waals surface area contributed by atoms with Gasteiger partial charge in [0, 0.05) is 27.9 Å². The number of rotatable bonds is 6. The summed E-state index contributed by atoms with van der Waals surface area (Å²) < 4.78 is 54.4. The van der Waals surface area contributed by atoms with E-state index >= 15 is 0 Å². The molecule has 256 valence electrons. The van der Waals surface area contributed by atoms with Gasteiger partial charge in [0.25, 0.3) is 11.5 Å². The van der Waals surface area contributed by atoms with Crippen molar-refractivity contribution in [1.29, 1.82) is 0 Å². The molecule has 0 saturated carbocycles. The third-order valence-corrected chi connectivity index (χ3v) is 14.7. The molecule has 2 aliphatic rings. The van der Waals surface area contributed by atoms with Crippen LogP contribution in [0.1, 0.15) is 99.7 Å². The maximum Gasteiger partial charge on any atom is 0.476 e. The van der Waals surface area contributed by atoms with Gasteiger partial charge in [0.2, 0.25) is 0 Å². The van der Waals surface area contributed by atoms with Crippen LogP contribution in [-0.2, 0) is 31.7 Å². The Bertz CT molecular complexity index is 1560. The monoisotopic (exact) mass is 680 g/mol. The highest BCUT2D eigenvalue weighted by Crippen LogP contribution is 2.61. The van der Waals surface area contributed by atoms with E-state index < -0.39 is 79.4 Å². The van der Waals surface area contributed by atoms with Crippen molar-refractivity contribution in [1.82, 2.24) is 9.13 Å². The van der Waals surface area contributed by atoms with Crippen molar-refractivity contribution in [3.63, 3.8) is 0 Å². The molecule has 2 aliphatic heterocycles. The topological polar surface area (TPSA) is 134 Å². The molecule has 0 spiro atoms. The van der Waals surface area contributed by atoms with Crippen LogP contribution in [0, 0.1) is 0 Å². The molecule has 2 fully saturated rings. The quantitative estimate of drug-likeness (QED) is 0.257. The van der Waals surface area contributed by atoms with E-state index in [0.717, 1.165) is 10.6 Å². The van der Waals surface area contributed by atoms with Crippen LogP contribution >= 0.6 is 7.82 Å². The summed E-state index contributed by atoms with van der Waals surface area (Å²) >= 11 is 0. The first-order valence-corrected chi connectivity index (χ1v) is 18.8. The second-order valence-corrected chi connectivity index (χ2v) is 22.1. The lowest BCUT2D eigenvalue weighted by Crippen LogP contribution is -2.65. The number of ether oxygens (including phenoxy) is 1. The molecule has 14 heteroatoms. The minimum atomic E-state index is -4.40. The van der Waals surface area contributed by atoms with E-state index in [2.05, 4.69) is 41.5 Å². The Morgan fingerprint density at radius 2 is 1.41 bits per heavy atom. The van der Waals surface area contributed by atoms with Gasteiger partial charge in [-0.05, 0) is 53.7 Å². The number of nitrogens with zero attached hydrogens (tertiary/aromatic N) is 2. The van der Waals surface area contributed by atoms with Gasteiger partial charge in [-0.2, -0.15) is 4.57 Å². The van der Waals surface area contributed by atoms with Gasteiger partial charge in [0.1, 0.15) is 18.3 Å². The molecule has 0 aliphatic carbocycles. The molecule has 0 unspecified atom stereocenters. The molecule has 0 bridgehead atoms. The predicted octanol–water partition coefficient (Wildman–Crippen LogP) is 6.18. The highest BCUT2D eigenvalue weighted by molar-refractivity contribution is 7.48. The maximum absolute atomic E-state index is 14.5. The Balaban J connectivity index is 1.90. The number of hydrogen-bond acceptors (Lipinski definition) is 10. The molecule has 1 aromatic carbocycles. The lowest BCUT2D eigenvalue weighted by molar-refractivity contribution is -0.0810. The zero-order valence-electron chi connectivity index (χ0n) is 29.0. The molecular weight excluding hydrogens is 631 g/mol. The van der Waals surface area contributed by atoms with E-state index in [9.17, 15) is 18.9 Å². The van der Waals surface area contributed by atoms with Crippen molar-refractivity contribution in [3.05, 3.63) is 69.0 Å². The van der Waals surface area contributed by atoms with Gasteiger partial charge in [-0.1, -0.05) is 59.7 Å². The third kappa shape index (κ3) is 7.42. The summed E-state index contributed by atoms with van der Waals surface area (Å²) in [6.07, 6.45) is -2.93. The van der Waals surface area contributed by atoms with Crippen LogP contribution in [0.5, 0.6) is 0 Å². The Kier molecular flexibility index (Phi) is 9.82. The summed E-state index contributed by atoms with van der Waals surface area (Å²) in [5.74, 6) is -0.804. The molecule has 46 heavy (non-hydrogen) atoms. The van der Waals surface area contributed by atoms with Gasteiger partial charge >= 0.3 is 22.1 Å². The van der Waals surface area contributed by atoms with Crippen LogP contribution in [-0.4, -0.2) is 59.7 Å². The number of fused-ring (bicyclic) bond motifs is 1. The van der Waals surface area contributed by atoms with E-state index in [-0.39, 0.29) is 12.2 Å². The van der Waals surface area contributed by atoms with Crippen molar-refractivity contribution < 1.29 is 36.5 Å². The molecule has 2 saturated heterocycles. The Hall–Kier alpha value is -2.22. The fourth-order valence-corrected chi connectivity index (χ4v) is 13.1. The summed E-state index contributed by atoms with van der Waals surface area (Å²) in [5, 5.41) is -0.836. The molecule has 4 rings (SSSR count). The minimum absolute atomic E-state index is 0.115. The van der Waals surface area contributed by atoms with Gasteiger partial charge in [0.05, 0.1) is 17.8 Å². The van der Waals surface area contributed by atoms with Gasteiger partial charge in [-0.25, -0.2) is 9.36 Å². The minimum Gasteiger partial charge on any atom is -0.391 e. The Morgan fingerprint density at radius 1 is 0.870 bits per heavy atom. The predicted molar refractivity (Wildman–Crippen MR) is 175 cm³/mol. The molecular formula is C32H49N2O10PSi. The fourth-order valence-electron chi connectivity index (χ4n) is 6.12. The summed E-state index contributed by atoms with van der Waals surface area (Å²) in [6.45, 7) is 22.8. The second kappa shape index (κ2) is 12.3. The van der Waals surface area contributed by atoms with Crippen LogP contribution in [0.15, 0.2) is 52.2 Å². The standard InChI is InChI=1S/C32H49N2O10PSi/c1-29(2,3)43-45(38,44-30(4,5)6)41-25-24-22(20-39-46(42-24,31(7,8)9)32(10,11)12)40-27(25)33-19-18-23(35)34(28(33)37)26(36)21-16-14-13-15-17-21/h13-19,22,24-25,27H,20H2,1-12H3/t22-,24-,25-,27-/m1/s1. The second-order valence-electron chi connectivity index (χ2n) is 15.9. The van der Waals surface area contributed by atoms with Crippen molar-refractivity contribution in [2.24, 2.45) is 0 Å². The van der Waals surface area contributed by atoms with E-state index in [1.165, 1.54) is 18.3 Å². The number of carbonyl (C=O) groups excluding carboxylic acids is 1. The van der Waals surface area contributed by atoms with Gasteiger partial charge < -0.3 is 13.6 Å². The lowest BCUT2D eigenvalue weighted by Gasteiger charge is -2.53. The SMILES string of the molecule is CC(C)(C)OP(=O)(O[C@@H]1[C@@H]2O[Si](C(C)(C)C)(C(C)(C)C)OC[C@H]2O[C@H]1n1ccc(=O)n(C(=O)c2ccccc2)c1=O)OC(C)(C)C. The van der Waals surface area contributed by atoms with Gasteiger partial charge in [-0.15, -0.1) is 0 Å². The van der Waals surface area contributed by atoms with Crippen LogP contribution in [0.3, 0.4) is 0 Å². The average Bonchev–Trinajstić information content (AvgIpc) is 3.22. The first kappa shape index (κ1) is 36.6. The molecule has 0 N–H and O–H groups in total. The number of carbonyl (C=O) groups is 1. The number of hydrogen-bond donors (Lipinski definition) is 0. The largest absolute Gasteiger partial charge is 0.476 e. The first-order chi connectivity index (χ1) is 20.9. The van der Waals surface area contributed by atoms with Crippen molar-refractivity contribution in [3.8, 4) is 0 Å². The summed E-state index contributed by atoms with van der Waals surface area (Å²) in [5.41, 5.74) is -3.52. The van der Waals surface area contributed by atoms with Crippen molar-refractivity contribution >= 4 is 22.3 Å². The van der Waals surface area contributed by atoms with Crippen LogP contribution in [0.25, 0.3) is 0 Å². The highest BCUT2D eigenvalue weighted by Gasteiger charge is 2.66. The van der Waals surface area contributed by atoms with E-state index in [4.69, 9.17) is 27.2 Å². The van der Waals surface area contributed by atoms with Gasteiger partial charge in [0.15, 0.2) is 6.23 Å². The molecule has 0 amide bonds. The highest BCUT2D eigenvalue weighted by atomic mass is 31.2. The molecule has 0 radical (unpaired) electrons. The summed E-state index contributed by atoms with van der Waals surface area (Å²) in [6, 6.07) is 9.11. The Labute approximate surface area is 272 Å². The van der Waals surface area contributed by atoms with Gasteiger partial charge in [-0.3, -0.25) is 27.7 Å². The first-order valence-electron chi connectivity index (χ1n) is 15.5. The van der Waals surface area contributed by atoms with Crippen LogP contribution in [0.2, 0.25) is 10.1 Å². The van der Waals surface area contributed by atoms with Crippen LogP contribution < -0.4 is 11.2 Å². The van der Waals surface area contributed by atoms with Crippen molar-refractivity contribution in [2.75, 3.05) is 6.61 Å². The van der Waals surface area contributed by atoms with E-state index in [1.807, 2.05) is 0 Å². The Morgan fingerprint density at radius 3 is 1.91 bits per heavy atom. The molecule has 12 nitrogen and oxygen atoms in total. The zero-order valence-corrected chi connectivity index (χ0v) is 30.9. The van der Waals surface area contributed by atoms with Crippen molar-refractivity contribution in [2.45, 2.75) is 129 Å². The number of aromatic nitrogens is 2.